The summed E-state index contributed by atoms with van der Waals surface area (Å²) in [4.78, 5) is 26.9. The molecule has 1 fully saturated rings. The number of amides is 2. The van der Waals surface area contributed by atoms with E-state index in [4.69, 9.17) is 0 Å². The maximum atomic E-state index is 12.5. The molecule has 1 aromatic rings. The second-order valence-electron chi connectivity index (χ2n) is 6.44. The van der Waals surface area contributed by atoms with Crippen molar-refractivity contribution >= 4 is 41.0 Å². The van der Waals surface area contributed by atoms with E-state index in [2.05, 4.69) is 5.32 Å². The van der Waals surface area contributed by atoms with Crippen molar-refractivity contribution in [3.63, 3.8) is 0 Å². The lowest BCUT2D eigenvalue weighted by Crippen LogP contribution is -2.48. The highest BCUT2D eigenvalue weighted by Crippen LogP contribution is 2.29. The first kappa shape index (κ1) is 19.1. The number of hydrogen-bond acceptors (Lipinski definition) is 4. The summed E-state index contributed by atoms with van der Waals surface area (Å²) in [7, 11) is 0. The third-order valence-electron chi connectivity index (χ3n) is 3.41. The number of benzene rings is 1. The Balaban J connectivity index is 2.07. The Morgan fingerprint density at radius 2 is 2.08 bits per heavy atom. The van der Waals surface area contributed by atoms with Crippen LogP contribution in [0.4, 0.5) is 14.5 Å². The molecule has 0 aromatic heterocycles. The van der Waals surface area contributed by atoms with Crippen LogP contribution >= 0.6 is 23.5 Å². The second kappa shape index (κ2) is 7.74. The standard InChI is InChI=1S/C16H20F2N2O2S2/c1-16(2,3)14(22)20-9-23-8-12(20)13(21)19-10-5-4-6-11(7-10)24-15(17)18/h4-7,12,15H,8-9H2,1-3H3,(H,19,21). The highest BCUT2D eigenvalue weighted by Gasteiger charge is 2.39. The Hall–Kier alpha value is -1.28. The number of nitrogens with zero attached hydrogens (tertiary/aromatic N) is 1. The number of hydrogen-bond donors (Lipinski definition) is 1. The van der Waals surface area contributed by atoms with E-state index in [0.29, 0.717) is 34.0 Å². The monoisotopic (exact) mass is 374 g/mol. The van der Waals surface area contributed by atoms with Crippen LogP contribution in [0, 0.1) is 5.41 Å². The first-order chi connectivity index (χ1) is 11.2. The van der Waals surface area contributed by atoms with Gasteiger partial charge in [0.25, 0.3) is 5.76 Å². The molecule has 2 rings (SSSR count). The van der Waals surface area contributed by atoms with Gasteiger partial charge in [-0.05, 0) is 18.2 Å². The largest absolute Gasteiger partial charge is 0.324 e. The zero-order chi connectivity index (χ0) is 17.9. The van der Waals surface area contributed by atoms with E-state index in [0.717, 1.165) is 0 Å². The maximum absolute atomic E-state index is 12.5. The minimum Gasteiger partial charge on any atom is -0.324 e. The minimum absolute atomic E-state index is 0.0744. The molecule has 1 aliphatic heterocycles. The van der Waals surface area contributed by atoms with Crippen molar-refractivity contribution in [2.45, 2.75) is 37.5 Å². The molecule has 24 heavy (non-hydrogen) atoms. The fourth-order valence-corrected chi connectivity index (χ4v) is 3.98. The van der Waals surface area contributed by atoms with Crippen LogP contribution < -0.4 is 5.32 Å². The Morgan fingerprint density at radius 1 is 1.38 bits per heavy atom. The van der Waals surface area contributed by atoms with Crippen molar-refractivity contribution in [1.29, 1.82) is 0 Å². The number of rotatable bonds is 4. The van der Waals surface area contributed by atoms with Gasteiger partial charge in [0.1, 0.15) is 6.04 Å². The van der Waals surface area contributed by atoms with Crippen LogP contribution in [0.25, 0.3) is 0 Å². The van der Waals surface area contributed by atoms with Crippen molar-refractivity contribution in [3.05, 3.63) is 24.3 Å². The van der Waals surface area contributed by atoms with Gasteiger partial charge in [-0.3, -0.25) is 9.59 Å². The maximum Gasteiger partial charge on any atom is 0.288 e. The van der Waals surface area contributed by atoms with Gasteiger partial charge in [-0.15, -0.1) is 11.8 Å². The number of carbonyl (C=O) groups is 2. The molecule has 1 unspecified atom stereocenters. The normalized spacial score (nSPS) is 18.1. The quantitative estimate of drug-likeness (QED) is 0.813. The smallest absolute Gasteiger partial charge is 0.288 e. The zero-order valence-electron chi connectivity index (χ0n) is 13.7. The topological polar surface area (TPSA) is 49.4 Å². The number of alkyl halides is 2. The summed E-state index contributed by atoms with van der Waals surface area (Å²) in [6.45, 7) is 5.45. The van der Waals surface area contributed by atoms with Gasteiger partial charge in [0.05, 0.1) is 5.88 Å². The first-order valence-corrected chi connectivity index (χ1v) is 9.46. The average molecular weight is 374 g/mol. The third-order valence-corrected chi connectivity index (χ3v) is 5.13. The number of carbonyl (C=O) groups excluding carboxylic acids is 2. The molecule has 1 aromatic carbocycles. The summed E-state index contributed by atoms with van der Waals surface area (Å²) < 4.78 is 24.9. The molecule has 1 atom stereocenters. The molecule has 8 heteroatoms. The van der Waals surface area contributed by atoms with E-state index >= 15 is 0 Å². The van der Waals surface area contributed by atoms with Crippen molar-refractivity contribution in [2.75, 3.05) is 16.9 Å². The summed E-state index contributed by atoms with van der Waals surface area (Å²) in [6.07, 6.45) is 0. The predicted octanol–water partition coefficient (Wildman–Crippen LogP) is 3.89. The van der Waals surface area contributed by atoms with Crippen LogP contribution in [0.15, 0.2) is 29.2 Å². The van der Waals surface area contributed by atoms with Crippen LogP contribution in [0.2, 0.25) is 0 Å². The molecule has 4 nitrogen and oxygen atoms in total. The Labute approximate surface area is 148 Å². The summed E-state index contributed by atoms with van der Waals surface area (Å²) in [5, 5.41) is 2.73. The van der Waals surface area contributed by atoms with E-state index in [1.165, 1.54) is 17.8 Å². The van der Waals surface area contributed by atoms with Gasteiger partial charge in [-0.1, -0.05) is 38.6 Å². The van der Waals surface area contributed by atoms with Crippen LogP contribution in [-0.4, -0.2) is 40.1 Å². The highest BCUT2D eigenvalue weighted by molar-refractivity contribution is 7.99. The molecule has 132 valence electrons. The molecular weight excluding hydrogens is 354 g/mol. The van der Waals surface area contributed by atoms with Gasteiger partial charge in [0, 0.05) is 21.8 Å². The number of nitrogens with one attached hydrogen (secondary N) is 1. The predicted molar refractivity (Wildman–Crippen MR) is 94.3 cm³/mol. The SMILES string of the molecule is CC(C)(C)C(=O)N1CSCC1C(=O)Nc1cccc(SC(F)F)c1. The lowest BCUT2D eigenvalue weighted by molar-refractivity contribution is -0.143. The minimum atomic E-state index is -2.51. The first-order valence-electron chi connectivity index (χ1n) is 7.43. The molecule has 0 bridgehead atoms. The van der Waals surface area contributed by atoms with Crippen molar-refractivity contribution in [3.8, 4) is 0 Å². The zero-order valence-corrected chi connectivity index (χ0v) is 15.3. The Morgan fingerprint density at radius 3 is 2.71 bits per heavy atom. The molecule has 0 spiro atoms. The van der Waals surface area contributed by atoms with Crippen molar-refractivity contribution in [2.24, 2.45) is 5.41 Å². The Kier molecular flexibility index (Phi) is 6.14. The highest BCUT2D eigenvalue weighted by atomic mass is 32.2. The molecule has 0 radical (unpaired) electrons. The van der Waals surface area contributed by atoms with E-state index in [1.54, 1.807) is 23.1 Å². The van der Waals surface area contributed by atoms with E-state index in [1.807, 2.05) is 20.8 Å². The van der Waals surface area contributed by atoms with Crippen molar-refractivity contribution < 1.29 is 18.4 Å². The van der Waals surface area contributed by atoms with E-state index in [-0.39, 0.29) is 11.8 Å². The molecule has 2 amide bonds. The van der Waals surface area contributed by atoms with Gasteiger partial charge < -0.3 is 10.2 Å². The van der Waals surface area contributed by atoms with Crippen LogP contribution in [0.1, 0.15) is 20.8 Å². The molecule has 1 aliphatic rings. The van der Waals surface area contributed by atoms with E-state index < -0.39 is 17.2 Å². The molecule has 0 saturated carbocycles. The lowest BCUT2D eigenvalue weighted by Gasteiger charge is -2.29. The number of thioether (sulfide) groups is 2. The molecular formula is C16H20F2N2O2S2. The fourth-order valence-electron chi connectivity index (χ4n) is 2.27. The third kappa shape index (κ3) is 4.86. The average Bonchev–Trinajstić information content (AvgIpc) is 2.94. The summed E-state index contributed by atoms with van der Waals surface area (Å²) in [5.41, 5.74) is -0.109. The van der Waals surface area contributed by atoms with Gasteiger partial charge >= 0.3 is 0 Å². The number of halogens is 2. The number of anilines is 1. The van der Waals surface area contributed by atoms with Crippen LogP contribution in [0.5, 0.6) is 0 Å². The molecule has 1 saturated heterocycles. The molecule has 0 aliphatic carbocycles. The van der Waals surface area contributed by atoms with Crippen LogP contribution in [0.3, 0.4) is 0 Å². The van der Waals surface area contributed by atoms with Crippen LogP contribution in [-0.2, 0) is 9.59 Å². The van der Waals surface area contributed by atoms with Gasteiger partial charge in [-0.2, -0.15) is 8.78 Å². The van der Waals surface area contributed by atoms with Gasteiger partial charge in [0.15, 0.2) is 0 Å². The fraction of sp³-hybridized carbons (Fsp3) is 0.500. The van der Waals surface area contributed by atoms with Gasteiger partial charge in [0.2, 0.25) is 11.8 Å². The Bertz CT molecular complexity index is 620. The second-order valence-corrected chi connectivity index (χ2v) is 8.50. The van der Waals surface area contributed by atoms with Crippen molar-refractivity contribution in [1.82, 2.24) is 4.90 Å². The summed E-state index contributed by atoms with van der Waals surface area (Å²) in [6, 6.07) is 5.78. The summed E-state index contributed by atoms with van der Waals surface area (Å²) in [5.74, 6) is -1.87. The van der Waals surface area contributed by atoms with Gasteiger partial charge in [-0.25, -0.2) is 0 Å². The lowest BCUT2D eigenvalue weighted by atomic mass is 9.94. The molecule has 1 N–H and O–H groups in total. The van der Waals surface area contributed by atoms with E-state index in [9.17, 15) is 18.4 Å². The summed E-state index contributed by atoms with van der Waals surface area (Å²) >= 11 is 1.95. The molecule has 1 heterocycles.